The van der Waals surface area contributed by atoms with Crippen molar-refractivity contribution in [3.63, 3.8) is 0 Å². The van der Waals surface area contributed by atoms with Gasteiger partial charge in [0.15, 0.2) is 11.0 Å². The number of para-hydroxylation sites is 1. The number of Topliss-reactive ketones (excluding diaryl/α,β-unsaturated/α-hetero) is 1. The molecule has 1 aliphatic heterocycles. The number of thiazole rings is 1. The lowest BCUT2D eigenvalue weighted by Crippen LogP contribution is -2.59. The summed E-state index contributed by atoms with van der Waals surface area (Å²) in [6.07, 6.45) is -2.56. The minimum Gasteiger partial charge on any atom is -0.475 e. The Morgan fingerprint density at radius 1 is 1.11 bits per heavy atom. The highest BCUT2D eigenvalue weighted by Crippen LogP contribution is 2.28. The maximum absolute atomic E-state index is 13.8. The van der Waals surface area contributed by atoms with Gasteiger partial charge in [0, 0.05) is 13.1 Å². The molecule has 2 heterocycles. The van der Waals surface area contributed by atoms with Crippen LogP contribution in [0.25, 0.3) is 10.2 Å². The fourth-order valence-electron chi connectivity index (χ4n) is 5.10. The summed E-state index contributed by atoms with van der Waals surface area (Å²) >= 11 is 1.30. The van der Waals surface area contributed by atoms with Crippen LogP contribution in [-0.2, 0) is 20.8 Å². The average molecular weight is 678 g/mol. The van der Waals surface area contributed by atoms with Gasteiger partial charge in [-0.15, -0.1) is 11.3 Å². The van der Waals surface area contributed by atoms with Crippen molar-refractivity contribution in [3.8, 4) is 0 Å². The van der Waals surface area contributed by atoms with E-state index in [1.807, 2.05) is 54.6 Å². The third-order valence-corrected chi connectivity index (χ3v) is 8.56. The molecule has 7 N–H and O–H groups in total. The number of rotatable bonds is 12. The molecule has 12 nitrogen and oxygen atoms in total. The molecule has 1 aromatic heterocycles. The van der Waals surface area contributed by atoms with Crippen LogP contribution in [0, 0.1) is 0 Å². The van der Waals surface area contributed by atoms with Crippen molar-refractivity contribution in [1.82, 2.24) is 20.5 Å². The van der Waals surface area contributed by atoms with E-state index >= 15 is 0 Å². The van der Waals surface area contributed by atoms with E-state index in [9.17, 15) is 27.6 Å². The fraction of sp³-hybridized carbons (Fsp3) is 0.419. The second kappa shape index (κ2) is 16.3. The number of aliphatic carboxylic acids is 1. The van der Waals surface area contributed by atoms with Crippen LogP contribution in [0.3, 0.4) is 0 Å². The number of aromatic nitrogens is 1. The Balaban J connectivity index is 0.000000771. The number of likely N-dealkylation sites (N-methyl/N-ethyl adjacent to an activating group) is 1. The smallest absolute Gasteiger partial charge is 0.475 e. The monoisotopic (exact) mass is 677 g/mol. The molecular weight excluding hydrogens is 639 g/mol. The van der Waals surface area contributed by atoms with Gasteiger partial charge in [-0.25, -0.2) is 9.78 Å². The zero-order chi connectivity index (χ0) is 34.8. The van der Waals surface area contributed by atoms with Crippen LogP contribution in [0.1, 0.15) is 48.0 Å². The Labute approximate surface area is 273 Å². The van der Waals surface area contributed by atoms with E-state index in [0.717, 1.165) is 15.8 Å². The summed E-state index contributed by atoms with van der Waals surface area (Å²) in [7, 11) is 1.75. The number of benzene rings is 2. The van der Waals surface area contributed by atoms with E-state index in [1.54, 1.807) is 18.9 Å². The van der Waals surface area contributed by atoms with Crippen molar-refractivity contribution in [3.05, 3.63) is 65.2 Å². The molecule has 0 unspecified atom stereocenters. The van der Waals surface area contributed by atoms with Gasteiger partial charge in [0.05, 0.1) is 16.3 Å². The molecule has 3 aromatic rings. The quantitative estimate of drug-likeness (QED) is 0.0830. The molecule has 0 saturated carbocycles. The molecule has 2 aromatic carbocycles. The number of carboxylic acid groups (broad SMARTS) is 1. The van der Waals surface area contributed by atoms with Crippen molar-refractivity contribution >= 4 is 51.1 Å². The number of amides is 2. The number of carbonyl (C=O) groups excluding carboxylic acids is 3. The van der Waals surface area contributed by atoms with Crippen LogP contribution < -0.4 is 22.1 Å². The number of nitrogens with one attached hydrogen (secondary N) is 2. The summed E-state index contributed by atoms with van der Waals surface area (Å²) in [6, 6.07) is 16.2. The lowest BCUT2D eigenvalue weighted by Gasteiger charge is -2.33. The van der Waals surface area contributed by atoms with Crippen molar-refractivity contribution < 1.29 is 37.5 Å². The largest absolute Gasteiger partial charge is 0.490 e. The molecule has 2 amide bonds. The Kier molecular flexibility index (Phi) is 12.8. The van der Waals surface area contributed by atoms with Gasteiger partial charge in [0.1, 0.15) is 11.6 Å². The lowest BCUT2D eigenvalue weighted by molar-refractivity contribution is -0.192. The molecular formula is C31H38F3N7O5S. The molecule has 1 fully saturated rings. The Morgan fingerprint density at radius 3 is 2.34 bits per heavy atom. The molecule has 47 heavy (non-hydrogen) atoms. The van der Waals surface area contributed by atoms with Crippen LogP contribution in [0.15, 0.2) is 59.6 Å². The highest BCUT2D eigenvalue weighted by molar-refractivity contribution is 7.20. The third-order valence-electron chi connectivity index (χ3n) is 7.53. The van der Waals surface area contributed by atoms with E-state index in [-0.39, 0.29) is 23.6 Å². The minimum atomic E-state index is -5.08. The summed E-state index contributed by atoms with van der Waals surface area (Å²) in [4.78, 5) is 60.2. The van der Waals surface area contributed by atoms with E-state index < -0.39 is 29.8 Å². The number of alkyl halides is 3. The maximum Gasteiger partial charge on any atom is 0.490 e. The number of ketones is 1. The van der Waals surface area contributed by atoms with Gasteiger partial charge in [-0.3, -0.25) is 19.4 Å². The number of hydrogen-bond acceptors (Lipinski definition) is 8. The van der Waals surface area contributed by atoms with Crippen LogP contribution in [0.2, 0.25) is 0 Å². The first-order chi connectivity index (χ1) is 22.2. The first-order valence-corrected chi connectivity index (χ1v) is 15.6. The number of guanidine groups is 1. The van der Waals surface area contributed by atoms with Gasteiger partial charge in [-0.1, -0.05) is 42.5 Å². The highest BCUT2D eigenvalue weighted by Gasteiger charge is 2.42. The molecule has 0 aliphatic carbocycles. The number of likely N-dealkylation sites (tertiary alicyclic amines) is 1. The van der Waals surface area contributed by atoms with E-state index in [2.05, 4.69) is 20.6 Å². The molecule has 4 rings (SSSR count). The van der Waals surface area contributed by atoms with Gasteiger partial charge >= 0.3 is 12.1 Å². The SMILES string of the molecule is CN[C@H](Cc1ccccc1)C(=O)N1CCC[C@H]1C(=O)N[C@](C)(CCCN=C(N)N)C(=O)c1nc2ccccc2s1.O=C(O)C(F)(F)F. The summed E-state index contributed by atoms with van der Waals surface area (Å²) < 4.78 is 32.6. The number of hydrogen-bond donors (Lipinski definition) is 5. The Bertz CT molecular complexity index is 1550. The van der Waals surface area contributed by atoms with Crippen molar-refractivity contribution in [2.75, 3.05) is 20.1 Å². The summed E-state index contributed by atoms with van der Waals surface area (Å²) in [6.45, 7) is 2.51. The van der Waals surface area contributed by atoms with E-state index in [0.29, 0.717) is 50.2 Å². The maximum atomic E-state index is 13.8. The second-order valence-electron chi connectivity index (χ2n) is 11.1. The average Bonchev–Trinajstić information content (AvgIpc) is 3.69. The fourth-order valence-corrected chi connectivity index (χ4v) is 6.14. The number of nitrogens with zero attached hydrogens (tertiary/aromatic N) is 3. The molecule has 16 heteroatoms. The highest BCUT2D eigenvalue weighted by atomic mass is 32.1. The van der Waals surface area contributed by atoms with E-state index in [1.165, 1.54) is 11.3 Å². The first-order valence-electron chi connectivity index (χ1n) is 14.8. The number of halogens is 3. The number of carboxylic acids is 1. The van der Waals surface area contributed by atoms with Crippen LogP contribution in [0.4, 0.5) is 13.2 Å². The first kappa shape index (κ1) is 36.9. The predicted octanol–water partition coefficient (Wildman–Crippen LogP) is 2.86. The number of fused-ring (bicyclic) bond motifs is 1. The molecule has 1 aliphatic rings. The Morgan fingerprint density at radius 2 is 1.74 bits per heavy atom. The molecule has 3 atom stereocenters. The number of aliphatic imine (C=N–C) groups is 1. The standard InChI is InChI=1S/C29H37N7O3S.C2HF3O2/c1-29(15-9-16-33-28(30)31,24(37)26-34-20-12-6-7-14-23(20)40-26)35-25(38)22-13-8-17-36(22)27(39)21(32-2)18-19-10-4-3-5-11-19;3-2(4,5)1(6)7/h3-7,10-12,14,21-22,32H,8-9,13,15-18H2,1-2H3,(H,35,38)(H4,30,31,33);(H,6,7)/t21-,22+,29-;/m1./s1. The number of nitrogens with two attached hydrogens (primary N) is 2. The molecule has 0 radical (unpaired) electrons. The number of carbonyl (C=O) groups is 4. The van der Waals surface area contributed by atoms with Crippen molar-refractivity contribution in [1.29, 1.82) is 0 Å². The summed E-state index contributed by atoms with van der Waals surface area (Å²) in [5, 5.41) is 13.6. The van der Waals surface area contributed by atoms with Gasteiger partial charge in [-0.05, 0) is 63.8 Å². The normalized spacial score (nSPS) is 16.4. The third kappa shape index (κ3) is 10.2. The van der Waals surface area contributed by atoms with Gasteiger partial charge < -0.3 is 32.1 Å². The summed E-state index contributed by atoms with van der Waals surface area (Å²) in [5.41, 5.74) is 11.4. The summed E-state index contributed by atoms with van der Waals surface area (Å²) in [5.74, 6) is -3.54. The van der Waals surface area contributed by atoms with E-state index in [4.69, 9.17) is 21.4 Å². The van der Waals surface area contributed by atoms with Crippen molar-refractivity contribution in [2.45, 2.75) is 62.8 Å². The molecule has 0 bridgehead atoms. The topological polar surface area (TPSA) is 193 Å². The van der Waals surface area contributed by atoms with Crippen LogP contribution >= 0.6 is 11.3 Å². The molecule has 0 spiro atoms. The lowest BCUT2D eigenvalue weighted by atomic mass is 9.90. The zero-order valence-electron chi connectivity index (χ0n) is 25.9. The van der Waals surface area contributed by atoms with Crippen molar-refractivity contribution in [2.24, 2.45) is 16.5 Å². The van der Waals surface area contributed by atoms with Crippen LogP contribution in [-0.4, -0.2) is 88.5 Å². The van der Waals surface area contributed by atoms with Gasteiger partial charge in [-0.2, -0.15) is 13.2 Å². The van der Waals surface area contributed by atoms with Crippen LogP contribution in [0.5, 0.6) is 0 Å². The van der Waals surface area contributed by atoms with Gasteiger partial charge in [0.25, 0.3) is 0 Å². The second-order valence-corrected chi connectivity index (χ2v) is 12.1. The molecule has 1 saturated heterocycles. The van der Waals surface area contributed by atoms with Gasteiger partial charge in [0.2, 0.25) is 17.6 Å². The molecule has 254 valence electrons. The minimum absolute atomic E-state index is 0.0297. The zero-order valence-corrected chi connectivity index (χ0v) is 26.7. The Hall–Kier alpha value is -4.57. The predicted molar refractivity (Wildman–Crippen MR) is 172 cm³/mol.